The minimum atomic E-state index is -3.74. The lowest BCUT2D eigenvalue weighted by Gasteiger charge is -2.34. The van der Waals surface area contributed by atoms with Crippen molar-refractivity contribution in [2.75, 3.05) is 39.3 Å². The summed E-state index contributed by atoms with van der Waals surface area (Å²) >= 11 is 0. The molecule has 0 aliphatic carbocycles. The number of carbonyl (C=O) groups excluding carboxylic acids is 3. The fourth-order valence-electron chi connectivity index (χ4n) is 3.56. The summed E-state index contributed by atoms with van der Waals surface area (Å²) in [4.78, 5) is 37.2. The summed E-state index contributed by atoms with van der Waals surface area (Å²) < 4.78 is 32.1. The first-order valence-electron chi connectivity index (χ1n) is 10.9. The van der Waals surface area contributed by atoms with Gasteiger partial charge in [-0.1, -0.05) is 12.1 Å². The second-order valence-corrected chi connectivity index (χ2v) is 9.62. The molecule has 2 aromatic rings. The number of carbonyl (C=O) groups is 3. The number of ether oxygens (including phenoxy) is 1. The summed E-state index contributed by atoms with van der Waals surface area (Å²) in [7, 11) is -3.74. The minimum absolute atomic E-state index is 0.0802. The molecule has 3 amide bonds. The number of piperazine rings is 1. The molecule has 1 fully saturated rings. The molecule has 0 atom stereocenters. The number of primary amides is 1. The molecule has 1 aliphatic rings. The Kier molecular flexibility index (Phi) is 8.24. The highest BCUT2D eigenvalue weighted by molar-refractivity contribution is 7.89. The molecular formula is C23H28N4O6S. The second-order valence-electron chi connectivity index (χ2n) is 7.68. The van der Waals surface area contributed by atoms with Crippen LogP contribution in [0.3, 0.4) is 0 Å². The molecular weight excluding hydrogens is 460 g/mol. The number of nitrogens with zero attached hydrogens (tertiary/aromatic N) is 2. The summed E-state index contributed by atoms with van der Waals surface area (Å²) in [5.41, 5.74) is 6.86. The van der Waals surface area contributed by atoms with Gasteiger partial charge in [-0.15, -0.1) is 0 Å². The standard InChI is InChI=1S/C23H28N4O6S/c1-2-33-22(29)18-6-8-20(9-7-18)34(31,32)27-14-12-26(13-15-27)23(30)25-11-10-17-4-3-5-19(16-17)21(24)28/h3-9,16H,2,10-15H2,1H3,(H2,24,28)(H,25,30). The van der Waals surface area contributed by atoms with Crippen LogP contribution in [-0.2, 0) is 21.2 Å². The topological polar surface area (TPSA) is 139 Å². The van der Waals surface area contributed by atoms with Crippen molar-refractivity contribution in [3.05, 3.63) is 65.2 Å². The fraction of sp³-hybridized carbons (Fsp3) is 0.348. The number of benzene rings is 2. The second kappa shape index (κ2) is 11.1. The Balaban J connectivity index is 1.50. The number of rotatable bonds is 8. The maximum absolute atomic E-state index is 12.9. The van der Waals surface area contributed by atoms with Gasteiger partial charge in [0.2, 0.25) is 15.9 Å². The highest BCUT2D eigenvalue weighted by Gasteiger charge is 2.30. The predicted octanol–water partition coefficient (Wildman–Crippen LogP) is 1.22. The van der Waals surface area contributed by atoms with Gasteiger partial charge >= 0.3 is 12.0 Å². The number of amides is 3. The van der Waals surface area contributed by atoms with Gasteiger partial charge in [0.15, 0.2) is 0 Å². The van der Waals surface area contributed by atoms with E-state index in [1.165, 1.54) is 28.6 Å². The number of hydrogen-bond acceptors (Lipinski definition) is 6. The van der Waals surface area contributed by atoms with Gasteiger partial charge in [0.05, 0.1) is 17.1 Å². The lowest BCUT2D eigenvalue weighted by atomic mass is 10.1. The summed E-state index contributed by atoms with van der Waals surface area (Å²) in [6, 6.07) is 12.2. The molecule has 0 radical (unpaired) electrons. The highest BCUT2D eigenvalue weighted by Crippen LogP contribution is 2.19. The molecule has 0 saturated carbocycles. The zero-order valence-electron chi connectivity index (χ0n) is 18.9. The number of esters is 1. The quantitative estimate of drug-likeness (QED) is 0.536. The van der Waals surface area contributed by atoms with Crippen LogP contribution in [0.2, 0.25) is 0 Å². The first-order valence-corrected chi connectivity index (χ1v) is 12.3. The van der Waals surface area contributed by atoms with E-state index >= 15 is 0 Å². The van der Waals surface area contributed by atoms with Gasteiger partial charge < -0.3 is 20.7 Å². The van der Waals surface area contributed by atoms with Crippen molar-refractivity contribution in [1.82, 2.24) is 14.5 Å². The van der Waals surface area contributed by atoms with Gasteiger partial charge in [0.25, 0.3) is 0 Å². The summed E-state index contributed by atoms with van der Waals surface area (Å²) in [6.45, 7) is 3.13. The smallest absolute Gasteiger partial charge is 0.338 e. The van der Waals surface area contributed by atoms with Gasteiger partial charge in [-0.3, -0.25) is 4.79 Å². The average molecular weight is 489 g/mol. The van der Waals surface area contributed by atoms with Crippen LogP contribution >= 0.6 is 0 Å². The van der Waals surface area contributed by atoms with E-state index in [2.05, 4.69) is 5.32 Å². The molecule has 3 rings (SSSR count). The largest absolute Gasteiger partial charge is 0.462 e. The zero-order valence-corrected chi connectivity index (χ0v) is 19.7. The van der Waals surface area contributed by atoms with Crippen LogP contribution in [0, 0.1) is 0 Å². The van der Waals surface area contributed by atoms with Crippen molar-refractivity contribution in [3.8, 4) is 0 Å². The molecule has 0 aromatic heterocycles. The van der Waals surface area contributed by atoms with Crippen LogP contribution in [0.1, 0.15) is 33.2 Å². The van der Waals surface area contributed by atoms with Crippen molar-refractivity contribution < 1.29 is 27.5 Å². The van der Waals surface area contributed by atoms with Gasteiger partial charge in [-0.05, 0) is 55.3 Å². The SMILES string of the molecule is CCOC(=O)c1ccc(S(=O)(=O)N2CCN(C(=O)NCCc3cccc(C(N)=O)c3)CC2)cc1. The van der Waals surface area contributed by atoms with E-state index in [9.17, 15) is 22.8 Å². The van der Waals surface area contributed by atoms with E-state index in [-0.39, 0.29) is 49.3 Å². The molecule has 2 aromatic carbocycles. The van der Waals surface area contributed by atoms with Crippen LogP contribution in [0.5, 0.6) is 0 Å². The monoisotopic (exact) mass is 488 g/mol. The van der Waals surface area contributed by atoms with E-state index in [0.717, 1.165) is 5.56 Å². The van der Waals surface area contributed by atoms with Gasteiger partial charge in [-0.2, -0.15) is 4.31 Å². The Morgan fingerprint density at radius 2 is 1.68 bits per heavy atom. The minimum Gasteiger partial charge on any atom is -0.462 e. The van der Waals surface area contributed by atoms with Crippen molar-refractivity contribution in [2.45, 2.75) is 18.2 Å². The highest BCUT2D eigenvalue weighted by atomic mass is 32.2. The van der Waals surface area contributed by atoms with Gasteiger partial charge in [0, 0.05) is 38.3 Å². The molecule has 10 nitrogen and oxygen atoms in total. The number of nitrogens with two attached hydrogens (primary N) is 1. The molecule has 3 N–H and O–H groups in total. The Morgan fingerprint density at radius 3 is 2.29 bits per heavy atom. The van der Waals surface area contributed by atoms with E-state index in [1.54, 1.807) is 30.0 Å². The maximum atomic E-state index is 12.9. The third kappa shape index (κ3) is 6.12. The van der Waals surface area contributed by atoms with Crippen LogP contribution in [0.4, 0.5) is 4.79 Å². The molecule has 1 heterocycles. The maximum Gasteiger partial charge on any atom is 0.338 e. The average Bonchev–Trinajstić information content (AvgIpc) is 2.84. The number of nitrogens with one attached hydrogen (secondary N) is 1. The van der Waals surface area contributed by atoms with Crippen LogP contribution in [0.25, 0.3) is 0 Å². The summed E-state index contributed by atoms with van der Waals surface area (Å²) in [5, 5.41) is 2.82. The zero-order chi connectivity index (χ0) is 24.7. The molecule has 182 valence electrons. The number of sulfonamides is 1. The predicted molar refractivity (Wildman–Crippen MR) is 125 cm³/mol. The molecule has 1 saturated heterocycles. The Hall–Kier alpha value is -3.44. The summed E-state index contributed by atoms with van der Waals surface area (Å²) in [6.07, 6.45) is 0.531. The Morgan fingerprint density at radius 1 is 1.00 bits per heavy atom. The van der Waals surface area contributed by atoms with E-state index in [0.29, 0.717) is 18.5 Å². The molecule has 1 aliphatic heterocycles. The molecule has 0 spiro atoms. The normalized spacial score (nSPS) is 14.4. The Bertz CT molecular complexity index is 1140. The third-order valence-corrected chi connectivity index (χ3v) is 7.34. The lowest BCUT2D eigenvalue weighted by Crippen LogP contribution is -2.53. The van der Waals surface area contributed by atoms with Crippen molar-refractivity contribution in [1.29, 1.82) is 0 Å². The lowest BCUT2D eigenvalue weighted by molar-refractivity contribution is 0.0526. The van der Waals surface area contributed by atoms with Crippen LogP contribution in [0.15, 0.2) is 53.4 Å². The van der Waals surface area contributed by atoms with Gasteiger partial charge in [0.1, 0.15) is 0 Å². The Labute approximate surface area is 198 Å². The molecule has 11 heteroatoms. The number of urea groups is 1. The van der Waals surface area contributed by atoms with E-state index < -0.39 is 21.9 Å². The van der Waals surface area contributed by atoms with E-state index in [4.69, 9.17) is 10.5 Å². The van der Waals surface area contributed by atoms with Crippen molar-refractivity contribution in [2.24, 2.45) is 5.73 Å². The van der Waals surface area contributed by atoms with Gasteiger partial charge in [-0.25, -0.2) is 18.0 Å². The molecule has 34 heavy (non-hydrogen) atoms. The summed E-state index contributed by atoms with van der Waals surface area (Å²) in [5.74, 6) is -1.01. The van der Waals surface area contributed by atoms with Crippen LogP contribution < -0.4 is 11.1 Å². The molecule has 0 unspecified atom stereocenters. The first kappa shape index (κ1) is 25.2. The molecule has 0 bridgehead atoms. The van der Waals surface area contributed by atoms with E-state index in [1.807, 2.05) is 6.07 Å². The first-order chi connectivity index (χ1) is 16.2. The van der Waals surface area contributed by atoms with Crippen molar-refractivity contribution >= 4 is 27.9 Å². The number of hydrogen-bond donors (Lipinski definition) is 2. The third-order valence-electron chi connectivity index (χ3n) is 5.43. The van der Waals surface area contributed by atoms with Crippen LogP contribution in [-0.4, -0.2) is 74.9 Å². The fourth-order valence-corrected chi connectivity index (χ4v) is 4.99. The van der Waals surface area contributed by atoms with Crippen molar-refractivity contribution in [3.63, 3.8) is 0 Å².